The maximum atomic E-state index is 2.64. The minimum absolute atomic E-state index is 0.0156. The molecule has 0 unspecified atom stereocenters. The first-order chi connectivity index (χ1) is 48.3. The molecule has 2 aliphatic carbocycles. The number of anilines is 6. The summed E-state index contributed by atoms with van der Waals surface area (Å²) in [5.74, 6) is 0. The van der Waals surface area contributed by atoms with Crippen LogP contribution in [0.5, 0.6) is 0 Å². The van der Waals surface area contributed by atoms with Crippen molar-refractivity contribution in [2.24, 2.45) is 0 Å². The summed E-state index contributed by atoms with van der Waals surface area (Å²) < 4.78 is 5.06. The monoisotopic (exact) mass is 1310 g/mol. The molecule has 5 heteroatoms. The van der Waals surface area contributed by atoms with E-state index in [9.17, 15) is 0 Å². The Hall–Kier alpha value is -10.1. The van der Waals surface area contributed by atoms with E-state index in [1.54, 1.807) is 0 Å². The van der Waals surface area contributed by atoms with Crippen LogP contribution in [0.2, 0.25) is 0 Å². The van der Waals surface area contributed by atoms with E-state index in [-0.39, 0.29) is 39.2 Å². The number of benzene rings is 12. The number of para-hydroxylation sites is 3. The third-order valence-electron chi connectivity index (χ3n) is 24.3. The van der Waals surface area contributed by atoms with Crippen LogP contribution in [0.3, 0.4) is 0 Å². The van der Waals surface area contributed by atoms with E-state index in [1.807, 2.05) is 0 Å². The number of hydrogen-bond donors (Lipinski definition) is 0. The molecule has 4 heterocycles. The predicted octanol–water partition coefficient (Wildman–Crippen LogP) is 24.3. The maximum Gasteiger partial charge on any atom is 0.252 e. The zero-order valence-corrected chi connectivity index (χ0v) is 61.4. The molecule has 0 fully saturated rings. The molecular formula is C96H91BN4. The van der Waals surface area contributed by atoms with Crippen LogP contribution >= 0.6 is 0 Å². The van der Waals surface area contributed by atoms with Gasteiger partial charge in [0, 0.05) is 61.4 Å². The first-order valence-electron chi connectivity index (χ1n) is 37.0. The Morgan fingerprint density at radius 1 is 0.297 bits per heavy atom. The molecule has 0 saturated carbocycles. The van der Waals surface area contributed by atoms with E-state index in [0.717, 1.165) is 34.1 Å². The number of nitrogens with zero attached hydrogens (tertiary/aromatic N) is 4. The van der Waals surface area contributed by atoms with E-state index >= 15 is 0 Å². The van der Waals surface area contributed by atoms with Gasteiger partial charge in [0.2, 0.25) is 0 Å². The second-order valence-corrected chi connectivity index (χ2v) is 34.7. The summed E-state index contributed by atoms with van der Waals surface area (Å²) in [6, 6.07) is 97.1. The molecule has 4 aliphatic rings. The van der Waals surface area contributed by atoms with Crippen molar-refractivity contribution in [2.45, 2.75) is 155 Å². The Morgan fingerprint density at radius 2 is 0.723 bits per heavy atom. The fraction of sp³-hybridized carbons (Fsp3) is 0.250. The van der Waals surface area contributed by atoms with Gasteiger partial charge >= 0.3 is 0 Å². The number of fused-ring (bicyclic) bond motifs is 12. The van der Waals surface area contributed by atoms with E-state index in [1.165, 1.54) is 164 Å². The smallest absolute Gasteiger partial charge is 0.252 e. The van der Waals surface area contributed by atoms with Gasteiger partial charge < -0.3 is 18.9 Å². The fourth-order valence-electron chi connectivity index (χ4n) is 18.4. The molecule has 12 aromatic carbocycles. The molecule has 14 aromatic rings. The number of rotatable bonds is 7. The topological polar surface area (TPSA) is 16.3 Å². The minimum atomic E-state index is -0.169. The third kappa shape index (κ3) is 9.90. The lowest BCUT2D eigenvalue weighted by atomic mass is 9.33. The van der Waals surface area contributed by atoms with Crippen molar-refractivity contribution in [3.63, 3.8) is 0 Å². The summed E-state index contributed by atoms with van der Waals surface area (Å²) in [5, 5.41) is 5.00. The van der Waals surface area contributed by atoms with Gasteiger partial charge in [-0.15, -0.1) is 0 Å². The average molecular weight is 1310 g/mol. The zero-order chi connectivity index (χ0) is 69.6. The lowest BCUT2D eigenvalue weighted by Gasteiger charge is -2.45. The maximum absolute atomic E-state index is 2.64. The molecule has 18 rings (SSSR count). The van der Waals surface area contributed by atoms with Crippen LogP contribution in [-0.4, -0.2) is 15.8 Å². The second kappa shape index (κ2) is 22.2. The van der Waals surface area contributed by atoms with Gasteiger partial charge in [-0.25, -0.2) is 0 Å². The zero-order valence-electron chi connectivity index (χ0n) is 61.4. The first kappa shape index (κ1) is 63.1. The minimum Gasteiger partial charge on any atom is -0.311 e. The van der Waals surface area contributed by atoms with Gasteiger partial charge in [-0.05, 0) is 226 Å². The molecule has 0 N–H and O–H groups in total. The van der Waals surface area contributed by atoms with Crippen LogP contribution in [0.4, 0.5) is 34.1 Å². The molecular weight excluding hydrogens is 1220 g/mol. The lowest BCUT2D eigenvalue weighted by Crippen LogP contribution is -2.61. The summed E-state index contributed by atoms with van der Waals surface area (Å²) in [5.41, 5.74) is 34.1. The molecule has 0 spiro atoms. The quantitative estimate of drug-likeness (QED) is 0.148. The van der Waals surface area contributed by atoms with Crippen molar-refractivity contribution >= 4 is 101 Å². The summed E-state index contributed by atoms with van der Waals surface area (Å²) >= 11 is 0. The molecule has 498 valence electrons. The Balaban J connectivity index is 0.923. The van der Waals surface area contributed by atoms with Gasteiger partial charge in [0.05, 0.1) is 27.8 Å². The molecule has 101 heavy (non-hydrogen) atoms. The Kier molecular flexibility index (Phi) is 13.9. The van der Waals surface area contributed by atoms with Gasteiger partial charge in [-0.3, -0.25) is 0 Å². The highest BCUT2D eigenvalue weighted by molar-refractivity contribution is 7.00. The van der Waals surface area contributed by atoms with Crippen LogP contribution in [0.15, 0.2) is 249 Å². The molecule has 0 amide bonds. The standard InChI is InChI=1S/C96H91BN4/c1-91(2,3)65-38-48-85-74(56-65)73-26-18-22-30-84(73)100(85)68-43-46-80-87(57-68)99(67-41-33-61(34-42-67)63-36-45-77-79(54-63)96(13,14)52-50-94(77,9)10)89-59-69(101-82-28-20-16-24-71(82)72-25-17-21-29-83(72)101)58-88-90(89)97(80)81-55-64(70-23-15-19-27-75(70)92(4,5)6)37-47-86(81)98(88)66-39-31-60(32-40-66)62-35-44-76-78(53-62)95(11,12)51-49-93(76,7)8/h15-48,53-59H,49-52H2,1-14H3. The Bertz CT molecular complexity index is 5700. The molecule has 2 aromatic heterocycles. The van der Waals surface area contributed by atoms with Crippen molar-refractivity contribution in [3.8, 4) is 44.8 Å². The first-order valence-corrected chi connectivity index (χ1v) is 37.0. The van der Waals surface area contributed by atoms with Crippen LogP contribution in [0.25, 0.3) is 88.4 Å². The van der Waals surface area contributed by atoms with E-state index in [2.05, 4.69) is 365 Å². The van der Waals surface area contributed by atoms with Crippen LogP contribution < -0.4 is 26.2 Å². The fourth-order valence-corrected chi connectivity index (χ4v) is 18.4. The van der Waals surface area contributed by atoms with Gasteiger partial charge in [-0.2, -0.15) is 0 Å². The summed E-state index contributed by atoms with van der Waals surface area (Å²) in [4.78, 5) is 5.26. The number of aromatic nitrogens is 2. The van der Waals surface area contributed by atoms with Crippen LogP contribution in [0, 0.1) is 0 Å². The molecule has 0 saturated heterocycles. The third-order valence-corrected chi connectivity index (χ3v) is 24.3. The number of hydrogen-bond acceptors (Lipinski definition) is 2. The highest BCUT2D eigenvalue weighted by atomic mass is 15.2. The lowest BCUT2D eigenvalue weighted by molar-refractivity contribution is 0.332. The highest BCUT2D eigenvalue weighted by Gasteiger charge is 2.46. The van der Waals surface area contributed by atoms with Crippen molar-refractivity contribution < 1.29 is 0 Å². The summed E-state index contributed by atoms with van der Waals surface area (Å²) in [6.45, 7) is 33.3. The average Bonchev–Trinajstić information content (AvgIpc) is 1.24. The molecule has 2 aliphatic heterocycles. The SMILES string of the molecule is CC(C)(C)c1ccc2c(c1)c1ccccc1n2-c1ccc2c(c1)N(c1ccc(-c3ccc4c(c3)C(C)(C)CCC4(C)C)cc1)c1cc(-n3c4ccccc4c4ccccc43)cc3c1B2c1cc(-c2ccccc2C(C)(C)C)ccc1N3c1ccc(-c2ccc3c(c2)C(C)(C)CCC3(C)C)cc1. The summed E-state index contributed by atoms with van der Waals surface area (Å²) in [6.07, 6.45) is 4.72. The molecule has 0 radical (unpaired) electrons. The van der Waals surface area contributed by atoms with Crippen molar-refractivity contribution in [2.75, 3.05) is 9.80 Å². The van der Waals surface area contributed by atoms with Crippen LogP contribution in [0.1, 0.15) is 156 Å². The largest absolute Gasteiger partial charge is 0.311 e. The Morgan fingerprint density at radius 3 is 1.25 bits per heavy atom. The van der Waals surface area contributed by atoms with Crippen molar-refractivity contribution in [1.82, 2.24) is 9.13 Å². The molecule has 0 atom stereocenters. The van der Waals surface area contributed by atoms with Gasteiger partial charge in [0.15, 0.2) is 0 Å². The van der Waals surface area contributed by atoms with Crippen molar-refractivity contribution in [3.05, 3.63) is 282 Å². The molecule has 0 bridgehead atoms. The highest BCUT2D eigenvalue weighted by Crippen LogP contribution is 2.52. The van der Waals surface area contributed by atoms with E-state index in [4.69, 9.17) is 0 Å². The van der Waals surface area contributed by atoms with Crippen molar-refractivity contribution in [1.29, 1.82) is 0 Å². The Labute approximate surface area is 598 Å². The second-order valence-electron chi connectivity index (χ2n) is 34.7. The van der Waals surface area contributed by atoms with Gasteiger partial charge in [-0.1, -0.05) is 261 Å². The summed E-state index contributed by atoms with van der Waals surface area (Å²) in [7, 11) is 0. The normalized spacial score (nSPS) is 16.3. The van der Waals surface area contributed by atoms with Gasteiger partial charge in [0.25, 0.3) is 6.71 Å². The van der Waals surface area contributed by atoms with E-state index < -0.39 is 0 Å². The van der Waals surface area contributed by atoms with Gasteiger partial charge in [0.1, 0.15) is 0 Å². The molecule has 4 nitrogen and oxygen atoms in total. The van der Waals surface area contributed by atoms with E-state index in [0.29, 0.717) is 0 Å². The predicted molar refractivity (Wildman–Crippen MR) is 433 cm³/mol. The van der Waals surface area contributed by atoms with Crippen LogP contribution in [-0.2, 0) is 32.5 Å².